The van der Waals surface area contributed by atoms with Crippen LogP contribution in [0, 0.1) is 5.92 Å². The molecule has 0 aliphatic heterocycles. The molecule has 1 N–H and O–H groups in total. The van der Waals surface area contributed by atoms with E-state index in [1.54, 1.807) is 50.6 Å². The molecule has 0 amide bonds. The molecule has 0 fully saturated rings. The summed E-state index contributed by atoms with van der Waals surface area (Å²) in [6.45, 7) is 2.04. The summed E-state index contributed by atoms with van der Waals surface area (Å²) in [5.41, 5.74) is 1.44. The van der Waals surface area contributed by atoms with E-state index in [1.807, 2.05) is 0 Å². The standard InChI is InChI=1S/C19H20ClNO4/c1-3-25-19(23)14(10-13-4-7-16(22)11-18(13)20)12-21-15-5-8-17(24-2)9-6-15/h4-9,11-12,14,22H,3,10H2,1-2H3. The number of carbonyl (C=O) groups is 1. The molecule has 25 heavy (non-hydrogen) atoms. The lowest BCUT2D eigenvalue weighted by molar-refractivity contribution is -0.145. The zero-order valence-corrected chi connectivity index (χ0v) is 14.9. The number of hydrogen-bond acceptors (Lipinski definition) is 5. The molecule has 0 aliphatic carbocycles. The maximum atomic E-state index is 12.2. The Bertz CT molecular complexity index is 744. The molecule has 5 nitrogen and oxygen atoms in total. The van der Waals surface area contributed by atoms with Gasteiger partial charge in [-0.25, -0.2) is 0 Å². The molecule has 1 atom stereocenters. The first-order valence-electron chi connectivity index (χ1n) is 7.85. The zero-order valence-electron chi connectivity index (χ0n) is 14.1. The molecule has 2 aromatic carbocycles. The average molecular weight is 362 g/mol. The molecule has 1 unspecified atom stereocenters. The van der Waals surface area contributed by atoms with Crippen LogP contribution in [0.5, 0.6) is 11.5 Å². The van der Waals surface area contributed by atoms with Gasteiger partial charge in [-0.2, -0.15) is 0 Å². The SMILES string of the molecule is CCOC(=O)C(C=Nc1ccc(OC)cc1)Cc1ccc(O)cc1Cl. The predicted molar refractivity (Wildman–Crippen MR) is 98.1 cm³/mol. The van der Waals surface area contributed by atoms with Gasteiger partial charge < -0.3 is 14.6 Å². The van der Waals surface area contributed by atoms with E-state index >= 15 is 0 Å². The topological polar surface area (TPSA) is 68.1 Å². The van der Waals surface area contributed by atoms with Crippen LogP contribution in [0.1, 0.15) is 12.5 Å². The summed E-state index contributed by atoms with van der Waals surface area (Å²) >= 11 is 6.14. The highest BCUT2D eigenvalue weighted by atomic mass is 35.5. The van der Waals surface area contributed by atoms with Crippen LogP contribution < -0.4 is 4.74 Å². The minimum absolute atomic E-state index is 0.0772. The number of methoxy groups -OCH3 is 1. The highest BCUT2D eigenvalue weighted by Crippen LogP contribution is 2.24. The lowest BCUT2D eigenvalue weighted by atomic mass is 10.00. The minimum atomic E-state index is -0.580. The Morgan fingerprint density at radius 1 is 1.28 bits per heavy atom. The number of phenols is 1. The van der Waals surface area contributed by atoms with Gasteiger partial charge in [-0.05, 0) is 55.3 Å². The molecule has 0 heterocycles. The molecule has 2 aromatic rings. The van der Waals surface area contributed by atoms with Gasteiger partial charge in [0.05, 0.1) is 25.3 Å². The summed E-state index contributed by atoms with van der Waals surface area (Å²) in [6.07, 6.45) is 1.89. The molecule has 0 radical (unpaired) electrons. The fourth-order valence-electron chi connectivity index (χ4n) is 2.23. The van der Waals surface area contributed by atoms with Crippen LogP contribution >= 0.6 is 11.6 Å². The summed E-state index contributed by atoms with van der Waals surface area (Å²) in [6, 6.07) is 11.8. The van der Waals surface area contributed by atoms with Crippen LogP contribution in [0.4, 0.5) is 5.69 Å². The largest absolute Gasteiger partial charge is 0.508 e. The van der Waals surface area contributed by atoms with Gasteiger partial charge in [0.15, 0.2) is 0 Å². The Labute approximate surface area is 151 Å². The number of aliphatic imine (C=N–C) groups is 1. The van der Waals surface area contributed by atoms with Gasteiger partial charge in [0.1, 0.15) is 11.5 Å². The van der Waals surface area contributed by atoms with Crippen LogP contribution in [-0.2, 0) is 16.0 Å². The van der Waals surface area contributed by atoms with Crippen LogP contribution in [0.2, 0.25) is 5.02 Å². The monoisotopic (exact) mass is 361 g/mol. The van der Waals surface area contributed by atoms with E-state index in [4.69, 9.17) is 21.1 Å². The van der Waals surface area contributed by atoms with E-state index in [9.17, 15) is 9.90 Å². The van der Waals surface area contributed by atoms with Crippen molar-refractivity contribution >= 4 is 29.5 Å². The first-order chi connectivity index (χ1) is 12.0. The highest BCUT2D eigenvalue weighted by Gasteiger charge is 2.19. The third-order valence-corrected chi connectivity index (χ3v) is 3.89. The number of hydrogen-bond donors (Lipinski definition) is 1. The second kappa shape index (κ2) is 9.08. The minimum Gasteiger partial charge on any atom is -0.508 e. The number of rotatable bonds is 7. The lowest BCUT2D eigenvalue weighted by Gasteiger charge is -2.12. The van der Waals surface area contributed by atoms with Crippen molar-refractivity contribution in [3.05, 3.63) is 53.1 Å². The van der Waals surface area contributed by atoms with Crippen molar-refractivity contribution in [3.63, 3.8) is 0 Å². The van der Waals surface area contributed by atoms with Crippen LogP contribution in [-0.4, -0.2) is 31.0 Å². The van der Waals surface area contributed by atoms with Gasteiger partial charge in [0, 0.05) is 11.2 Å². The van der Waals surface area contributed by atoms with E-state index in [1.165, 1.54) is 12.1 Å². The van der Waals surface area contributed by atoms with Gasteiger partial charge in [-0.15, -0.1) is 0 Å². The van der Waals surface area contributed by atoms with E-state index in [0.717, 1.165) is 11.3 Å². The zero-order chi connectivity index (χ0) is 18.2. The Balaban J connectivity index is 2.19. The number of nitrogens with zero attached hydrogens (tertiary/aromatic N) is 1. The Morgan fingerprint density at radius 2 is 2.00 bits per heavy atom. The van der Waals surface area contributed by atoms with Crippen molar-refractivity contribution < 1.29 is 19.4 Å². The first kappa shape index (κ1) is 18.8. The van der Waals surface area contributed by atoms with E-state index in [-0.39, 0.29) is 18.3 Å². The lowest BCUT2D eigenvalue weighted by Crippen LogP contribution is -2.21. The van der Waals surface area contributed by atoms with E-state index in [0.29, 0.717) is 17.1 Å². The maximum Gasteiger partial charge on any atom is 0.314 e. The fourth-order valence-corrected chi connectivity index (χ4v) is 2.48. The number of esters is 1. The Morgan fingerprint density at radius 3 is 2.60 bits per heavy atom. The fraction of sp³-hybridized carbons (Fsp3) is 0.263. The van der Waals surface area contributed by atoms with Crippen molar-refractivity contribution in [1.29, 1.82) is 0 Å². The molecule has 0 spiro atoms. The molecule has 0 aliphatic rings. The number of benzene rings is 2. The van der Waals surface area contributed by atoms with Gasteiger partial charge in [0.25, 0.3) is 0 Å². The summed E-state index contributed by atoms with van der Waals surface area (Å²) in [7, 11) is 1.59. The van der Waals surface area contributed by atoms with Crippen LogP contribution in [0.3, 0.4) is 0 Å². The third kappa shape index (κ3) is 5.50. The smallest absolute Gasteiger partial charge is 0.314 e. The first-order valence-corrected chi connectivity index (χ1v) is 8.23. The van der Waals surface area contributed by atoms with E-state index < -0.39 is 5.92 Å². The van der Waals surface area contributed by atoms with Crippen molar-refractivity contribution in [2.75, 3.05) is 13.7 Å². The second-order valence-electron chi connectivity index (χ2n) is 5.31. The molecular weight excluding hydrogens is 342 g/mol. The second-order valence-corrected chi connectivity index (χ2v) is 5.72. The molecule has 6 heteroatoms. The average Bonchev–Trinajstić information content (AvgIpc) is 2.61. The quantitative estimate of drug-likeness (QED) is 0.593. The summed E-state index contributed by atoms with van der Waals surface area (Å²) in [4.78, 5) is 16.6. The predicted octanol–water partition coefficient (Wildman–Crippen LogP) is 4.18. The maximum absolute atomic E-state index is 12.2. The normalized spacial score (nSPS) is 12.1. The van der Waals surface area contributed by atoms with Gasteiger partial charge >= 0.3 is 5.97 Å². The molecule has 0 aromatic heterocycles. The molecular formula is C19H20ClNO4. The number of aromatic hydroxyl groups is 1. The molecule has 2 rings (SSSR count). The van der Waals surface area contributed by atoms with Crippen LogP contribution in [0.25, 0.3) is 0 Å². The Kier molecular flexibility index (Phi) is 6.83. The molecule has 132 valence electrons. The van der Waals surface area contributed by atoms with Crippen molar-refractivity contribution in [2.45, 2.75) is 13.3 Å². The number of phenolic OH excluding ortho intramolecular Hbond substituents is 1. The summed E-state index contributed by atoms with van der Waals surface area (Å²) in [5, 5.41) is 9.84. The molecule has 0 bridgehead atoms. The molecule has 0 saturated heterocycles. The highest BCUT2D eigenvalue weighted by molar-refractivity contribution is 6.31. The van der Waals surface area contributed by atoms with Crippen molar-refractivity contribution in [3.8, 4) is 11.5 Å². The van der Waals surface area contributed by atoms with Gasteiger partial charge in [0.2, 0.25) is 0 Å². The third-order valence-electron chi connectivity index (χ3n) is 3.54. The number of carbonyl (C=O) groups excluding carboxylic acids is 1. The molecule has 0 saturated carbocycles. The van der Waals surface area contributed by atoms with Gasteiger partial charge in [-0.1, -0.05) is 17.7 Å². The number of halogens is 1. The summed E-state index contributed by atoms with van der Waals surface area (Å²) in [5.74, 6) is -0.141. The summed E-state index contributed by atoms with van der Waals surface area (Å²) < 4.78 is 10.2. The number of ether oxygens (including phenoxy) is 2. The Hall–Kier alpha value is -2.53. The van der Waals surface area contributed by atoms with E-state index in [2.05, 4.69) is 4.99 Å². The van der Waals surface area contributed by atoms with Crippen LogP contribution in [0.15, 0.2) is 47.5 Å². The van der Waals surface area contributed by atoms with Crippen molar-refractivity contribution in [1.82, 2.24) is 0 Å². The van der Waals surface area contributed by atoms with Crippen molar-refractivity contribution in [2.24, 2.45) is 10.9 Å². The van der Waals surface area contributed by atoms with Gasteiger partial charge in [-0.3, -0.25) is 9.79 Å².